The molecule has 0 aliphatic rings. The predicted molar refractivity (Wildman–Crippen MR) is 79.8 cm³/mol. The van der Waals surface area contributed by atoms with Gasteiger partial charge >= 0.3 is 6.36 Å². The average molecular weight is 369 g/mol. The third-order valence-electron chi connectivity index (χ3n) is 2.89. The molecule has 0 spiro atoms. The highest BCUT2D eigenvalue weighted by molar-refractivity contribution is 7.89. The summed E-state index contributed by atoms with van der Waals surface area (Å²) in [5.74, 6) is -1.07. The fourth-order valence-corrected chi connectivity index (χ4v) is 2.48. The van der Waals surface area contributed by atoms with Gasteiger partial charge in [-0.1, -0.05) is 0 Å². The minimum Gasteiger partial charge on any atom is -0.406 e. The van der Waals surface area contributed by atoms with Crippen LogP contribution in [0.2, 0.25) is 0 Å². The van der Waals surface area contributed by atoms with Gasteiger partial charge in [0.25, 0.3) is 0 Å². The van der Waals surface area contributed by atoms with Crippen molar-refractivity contribution in [2.24, 2.45) is 0 Å². The molecule has 0 aliphatic carbocycles. The maximum atomic E-state index is 12.0. The van der Waals surface area contributed by atoms with Gasteiger partial charge in [0.05, 0.1) is 11.4 Å². The molecule has 24 heavy (non-hydrogen) atoms. The molecular formula is C13H18F3N3O4S. The van der Waals surface area contributed by atoms with E-state index in [9.17, 15) is 26.4 Å². The number of likely N-dealkylation sites (N-methyl/N-ethyl adjacent to an activating group) is 1. The van der Waals surface area contributed by atoms with Crippen molar-refractivity contribution in [3.05, 3.63) is 24.3 Å². The number of halogens is 3. The lowest BCUT2D eigenvalue weighted by atomic mass is 10.3. The molecule has 1 amide bonds. The van der Waals surface area contributed by atoms with E-state index >= 15 is 0 Å². The summed E-state index contributed by atoms with van der Waals surface area (Å²) >= 11 is 0. The first-order valence-electron chi connectivity index (χ1n) is 6.83. The lowest BCUT2D eigenvalue weighted by molar-refractivity contribution is -0.274. The molecule has 0 saturated heterocycles. The first-order chi connectivity index (χ1) is 11.0. The van der Waals surface area contributed by atoms with Gasteiger partial charge in [-0.2, -0.15) is 0 Å². The van der Waals surface area contributed by atoms with Crippen molar-refractivity contribution in [1.82, 2.24) is 15.4 Å². The summed E-state index contributed by atoms with van der Waals surface area (Å²) in [5, 5.41) is 5.41. The lowest BCUT2D eigenvalue weighted by Gasteiger charge is -2.12. The van der Waals surface area contributed by atoms with Crippen LogP contribution in [-0.2, 0) is 14.8 Å². The average Bonchev–Trinajstić information content (AvgIpc) is 2.49. The van der Waals surface area contributed by atoms with Crippen LogP contribution in [0.3, 0.4) is 0 Å². The molecule has 0 aliphatic heterocycles. The minimum absolute atomic E-state index is 0.0201. The number of benzene rings is 1. The zero-order valence-corrected chi connectivity index (χ0v) is 13.8. The van der Waals surface area contributed by atoms with Crippen LogP contribution in [0.4, 0.5) is 13.2 Å². The van der Waals surface area contributed by atoms with Crippen molar-refractivity contribution in [2.45, 2.75) is 24.2 Å². The second-order valence-electron chi connectivity index (χ2n) is 4.84. The van der Waals surface area contributed by atoms with E-state index < -0.39 is 34.6 Å². The van der Waals surface area contributed by atoms with Crippen LogP contribution >= 0.6 is 0 Å². The normalized spacial score (nSPS) is 13.4. The summed E-state index contributed by atoms with van der Waals surface area (Å²) in [7, 11) is -2.31. The van der Waals surface area contributed by atoms with Crippen LogP contribution in [0, 0.1) is 0 Å². The zero-order valence-electron chi connectivity index (χ0n) is 13.0. The Morgan fingerprint density at radius 2 is 1.83 bits per heavy atom. The van der Waals surface area contributed by atoms with E-state index in [4.69, 9.17) is 0 Å². The van der Waals surface area contributed by atoms with E-state index in [1.165, 1.54) is 0 Å². The van der Waals surface area contributed by atoms with Crippen LogP contribution < -0.4 is 20.1 Å². The molecule has 0 fully saturated rings. The van der Waals surface area contributed by atoms with E-state index in [1.54, 1.807) is 7.05 Å². The third kappa shape index (κ3) is 7.15. The van der Waals surface area contributed by atoms with Crippen molar-refractivity contribution in [3.63, 3.8) is 0 Å². The van der Waals surface area contributed by atoms with Crippen molar-refractivity contribution in [3.8, 4) is 5.75 Å². The molecule has 1 aromatic rings. The Balaban J connectivity index is 2.60. The molecule has 1 aromatic carbocycles. The molecule has 0 heterocycles. The van der Waals surface area contributed by atoms with Gasteiger partial charge in [0.15, 0.2) is 0 Å². The number of nitrogens with one attached hydrogen (secondary N) is 3. The number of alkyl halides is 3. The second-order valence-corrected chi connectivity index (χ2v) is 6.60. The number of hydrogen-bond donors (Lipinski definition) is 3. The summed E-state index contributed by atoms with van der Waals surface area (Å²) < 4.78 is 65.7. The standard InChI is InChI=1S/C13H18F3N3O4S/c1-9(17-2)7-18-12(20)8-19-24(21,22)11-5-3-10(4-6-11)23-13(14,15)16/h3-6,9,17,19H,7-8H2,1-2H3,(H,18,20). The Morgan fingerprint density at radius 1 is 1.25 bits per heavy atom. The maximum absolute atomic E-state index is 12.0. The number of ether oxygens (including phenoxy) is 1. The largest absolute Gasteiger partial charge is 0.573 e. The molecule has 3 N–H and O–H groups in total. The molecule has 0 saturated carbocycles. The molecule has 11 heteroatoms. The number of rotatable bonds is 8. The first kappa shape index (κ1) is 20.2. The maximum Gasteiger partial charge on any atom is 0.573 e. The van der Waals surface area contributed by atoms with Crippen LogP contribution in [0.15, 0.2) is 29.2 Å². The highest BCUT2D eigenvalue weighted by Crippen LogP contribution is 2.23. The number of carbonyl (C=O) groups is 1. The van der Waals surface area contributed by atoms with Gasteiger partial charge in [-0.3, -0.25) is 4.79 Å². The summed E-state index contributed by atoms with van der Waals surface area (Å²) in [6.07, 6.45) is -4.86. The molecule has 136 valence electrons. The monoisotopic (exact) mass is 369 g/mol. The van der Waals surface area contributed by atoms with E-state index in [0.717, 1.165) is 24.3 Å². The van der Waals surface area contributed by atoms with E-state index in [2.05, 4.69) is 20.1 Å². The predicted octanol–water partition coefficient (Wildman–Crippen LogP) is 0.588. The topological polar surface area (TPSA) is 96.5 Å². The van der Waals surface area contributed by atoms with Gasteiger partial charge in [-0.05, 0) is 38.2 Å². The smallest absolute Gasteiger partial charge is 0.406 e. The summed E-state index contributed by atoms with van der Waals surface area (Å²) in [4.78, 5) is 11.3. The van der Waals surface area contributed by atoms with Crippen molar-refractivity contribution < 1.29 is 31.1 Å². The molecule has 1 unspecified atom stereocenters. The fourth-order valence-electron chi connectivity index (χ4n) is 1.50. The molecule has 1 atom stereocenters. The molecule has 1 rings (SSSR count). The number of carbonyl (C=O) groups excluding carboxylic acids is 1. The Kier molecular flexibility index (Phi) is 6.99. The molecular weight excluding hydrogens is 351 g/mol. The Morgan fingerprint density at radius 3 is 2.33 bits per heavy atom. The van der Waals surface area contributed by atoms with Crippen molar-refractivity contribution in [1.29, 1.82) is 0 Å². The first-order valence-corrected chi connectivity index (χ1v) is 8.31. The van der Waals surface area contributed by atoms with Crippen LogP contribution in [0.25, 0.3) is 0 Å². The van der Waals surface area contributed by atoms with Crippen LogP contribution in [0.1, 0.15) is 6.92 Å². The second kappa shape index (κ2) is 8.31. The van der Waals surface area contributed by atoms with Gasteiger partial charge in [-0.15, -0.1) is 13.2 Å². The van der Waals surface area contributed by atoms with Gasteiger partial charge in [0, 0.05) is 12.6 Å². The molecule has 0 bridgehead atoms. The van der Waals surface area contributed by atoms with Crippen molar-refractivity contribution >= 4 is 15.9 Å². The molecule has 7 nitrogen and oxygen atoms in total. The van der Waals surface area contributed by atoms with E-state index in [1.807, 2.05) is 6.92 Å². The van der Waals surface area contributed by atoms with E-state index in [0.29, 0.717) is 6.54 Å². The lowest BCUT2D eigenvalue weighted by Crippen LogP contribution is -2.42. The van der Waals surface area contributed by atoms with Gasteiger partial charge in [0.1, 0.15) is 5.75 Å². The summed E-state index contributed by atoms with van der Waals surface area (Å²) in [6, 6.07) is 3.66. The Labute approximate surface area is 137 Å². The quantitative estimate of drug-likeness (QED) is 0.623. The number of sulfonamides is 1. The van der Waals surface area contributed by atoms with Gasteiger partial charge < -0.3 is 15.4 Å². The third-order valence-corrected chi connectivity index (χ3v) is 4.31. The molecule has 0 aromatic heterocycles. The molecule has 0 radical (unpaired) electrons. The summed E-state index contributed by atoms with van der Waals surface area (Å²) in [5.41, 5.74) is 0. The zero-order chi connectivity index (χ0) is 18.4. The van der Waals surface area contributed by atoms with Gasteiger partial charge in [0.2, 0.25) is 15.9 Å². The minimum atomic E-state index is -4.86. The van der Waals surface area contributed by atoms with E-state index in [-0.39, 0.29) is 10.9 Å². The highest BCUT2D eigenvalue weighted by atomic mass is 32.2. The van der Waals surface area contributed by atoms with Crippen LogP contribution in [-0.4, -0.2) is 46.9 Å². The number of hydrogen-bond acceptors (Lipinski definition) is 5. The Bertz CT molecular complexity index is 647. The summed E-state index contributed by atoms with van der Waals surface area (Å²) in [6.45, 7) is 1.66. The van der Waals surface area contributed by atoms with Gasteiger partial charge in [-0.25, -0.2) is 13.1 Å². The van der Waals surface area contributed by atoms with Crippen LogP contribution in [0.5, 0.6) is 5.75 Å². The highest BCUT2D eigenvalue weighted by Gasteiger charge is 2.31. The van der Waals surface area contributed by atoms with Crippen molar-refractivity contribution in [2.75, 3.05) is 20.1 Å². The SMILES string of the molecule is CNC(C)CNC(=O)CNS(=O)(=O)c1ccc(OC(F)(F)F)cc1. The number of amides is 1. The fraction of sp³-hybridized carbons (Fsp3) is 0.462. The Hall–Kier alpha value is -1.85.